The maximum atomic E-state index is 10.6. The van der Waals surface area contributed by atoms with Crippen molar-refractivity contribution < 1.29 is 28.5 Å². The first kappa shape index (κ1) is 21.5. The molecule has 2 aromatic carbocycles. The van der Waals surface area contributed by atoms with Crippen LogP contribution >= 0.6 is 15.9 Å². The number of hydrogen-bond acceptors (Lipinski definition) is 7. The van der Waals surface area contributed by atoms with E-state index < -0.39 is 6.10 Å². The smallest absolute Gasteiger partial charge is 0.175 e. The Morgan fingerprint density at radius 3 is 2.71 bits per heavy atom. The molecule has 164 valence electrons. The molecule has 0 bridgehead atoms. The number of benzene rings is 2. The molecule has 2 N–H and O–H groups in total. The number of fused-ring (bicyclic) bond motifs is 1. The highest BCUT2D eigenvalue weighted by molar-refractivity contribution is 9.10. The van der Waals surface area contributed by atoms with E-state index in [9.17, 15) is 5.11 Å². The van der Waals surface area contributed by atoms with Gasteiger partial charge in [-0.05, 0) is 63.5 Å². The maximum absolute atomic E-state index is 10.6. The van der Waals surface area contributed by atoms with E-state index in [0.717, 1.165) is 15.8 Å². The Hall–Kier alpha value is -2.68. The number of rotatable bonds is 9. The van der Waals surface area contributed by atoms with Gasteiger partial charge in [0, 0.05) is 6.54 Å². The summed E-state index contributed by atoms with van der Waals surface area (Å²) in [6.45, 7) is 2.35. The normalized spacial score (nSPS) is 13.6. The summed E-state index contributed by atoms with van der Waals surface area (Å²) in [4.78, 5) is 0. The lowest BCUT2D eigenvalue weighted by atomic mass is 10.1. The largest absolute Gasteiger partial charge is 0.493 e. The molecule has 0 spiro atoms. The van der Waals surface area contributed by atoms with E-state index in [2.05, 4.69) is 21.2 Å². The average molecular weight is 490 g/mol. The van der Waals surface area contributed by atoms with Gasteiger partial charge in [0.2, 0.25) is 0 Å². The molecule has 0 radical (unpaired) electrons. The molecular formula is C23H24BrNO6. The van der Waals surface area contributed by atoms with Gasteiger partial charge in [-0.2, -0.15) is 0 Å². The summed E-state index contributed by atoms with van der Waals surface area (Å²) in [5.41, 5.74) is 1.72. The standard InChI is InChI=1S/C23H24BrNO6/c1-27-22-10-15(12-25-13-17-3-2-6-28-17)9-18(24)23(22)31-14-19(26)16-4-5-20-21(11-16)30-8-7-29-20/h2-6,9-11,19,25-26H,7-8,12-14H2,1H3. The fourth-order valence-corrected chi connectivity index (χ4v) is 3.89. The van der Waals surface area contributed by atoms with E-state index in [-0.39, 0.29) is 6.61 Å². The minimum atomic E-state index is -0.831. The molecule has 1 aromatic heterocycles. The number of furan rings is 1. The molecule has 31 heavy (non-hydrogen) atoms. The number of ether oxygens (including phenoxy) is 4. The molecule has 1 unspecified atom stereocenters. The molecule has 0 saturated heterocycles. The number of methoxy groups -OCH3 is 1. The van der Waals surface area contributed by atoms with Gasteiger partial charge in [0.1, 0.15) is 31.7 Å². The highest BCUT2D eigenvalue weighted by Crippen LogP contribution is 2.38. The fraction of sp³-hybridized carbons (Fsp3) is 0.304. The maximum Gasteiger partial charge on any atom is 0.175 e. The molecule has 2 heterocycles. The number of aliphatic hydroxyl groups is 1. The molecule has 0 amide bonds. The highest BCUT2D eigenvalue weighted by Gasteiger charge is 2.18. The number of hydrogen-bond donors (Lipinski definition) is 2. The zero-order valence-electron chi connectivity index (χ0n) is 17.1. The topological polar surface area (TPSA) is 82.3 Å². The van der Waals surface area contributed by atoms with Crippen LogP contribution in [0.4, 0.5) is 0 Å². The predicted octanol–water partition coefficient (Wildman–Crippen LogP) is 4.22. The Labute approximate surface area is 189 Å². The lowest BCUT2D eigenvalue weighted by Gasteiger charge is -2.21. The Bertz CT molecular complexity index is 1010. The summed E-state index contributed by atoms with van der Waals surface area (Å²) < 4.78 is 28.6. The molecule has 4 rings (SSSR count). The third kappa shape index (κ3) is 5.33. The monoisotopic (exact) mass is 489 g/mol. The third-order valence-electron chi connectivity index (χ3n) is 4.83. The molecule has 3 aromatic rings. The zero-order chi connectivity index (χ0) is 21.6. The van der Waals surface area contributed by atoms with Crippen molar-refractivity contribution in [1.82, 2.24) is 5.32 Å². The molecule has 1 aliphatic rings. The molecule has 0 aliphatic carbocycles. The first-order valence-electron chi connectivity index (χ1n) is 9.94. The minimum Gasteiger partial charge on any atom is -0.493 e. The number of nitrogens with one attached hydrogen (secondary N) is 1. The lowest BCUT2D eigenvalue weighted by Crippen LogP contribution is -2.16. The summed E-state index contributed by atoms with van der Waals surface area (Å²) in [5.74, 6) is 3.31. The Morgan fingerprint density at radius 2 is 1.94 bits per heavy atom. The van der Waals surface area contributed by atoms with E-state index in [0.29, 0.717) is 54.9 Å². The van der Waals surface area contributed by atoms with Crippen LogP contribution in [-0.4, -0.2) is 32.0 Å². The predicted molar refractivity (Wildman–Crippen MR) is 118 cm³/mol. The van der Waals surface area contributed by atoms with E-state index in [1.54, 1.807) is 25.5 Å². The fourth-order valence-electron chi connectivity index (χ4n) is 3.28. The molecule has 1 atom stereocenters. The average Bonchev–Trinajstić information content (AvgIpc) is 3.31. The van der Waals surface area contributed by atoms with E-state index in [1.165, 1.54) is 0 Å². The second kappa shape index (κ2) is 10.1. The molecule has 8 heteroatoms. The van der Waals surface area contributed by atoms with Crippen molar-refractivity contribution in [3.8, 4) is 23.0 Å². The van der Waals surface area contributed by atoms with Crippen LogP contribution in [-0.2, 0) is 13.1 Å². The van der Waals surface area contributed by atoms with Crippen LogP contribution in [0.5, 0.6) is 23.0 Å². The van der Waals surface area contributed by atoms with Gasteiger partial charge in [-0.3, -0.25) is 0 Å². The Balaban J connectivity index is 1.39. The van der Waals surface area contributed by atoms with Crippen molar-refractivity contribution in [3.63, 3.8) is 0 Å². The van der Waals surface area contributed by atoms with E-state index in [4.69, 9.17) is 23.4 Å². The SMILES string of the molecule is COc1cc(CNCc2ccco2)cc(Br)c1OCC(O)c1ccc2c(c1)OCCO2. The van der Waals surface area contributed by atoms with Gasteiger partial charge in [-0.1, -0.05) is 6.07 Å². The van der Waals surface area contributed by atoms with Gasteiger partial charge in [0.15, 0.2) is 23.0 Å². The molecule has 0 fully saturated rings. The van der Waals surface area contributed by atoms with Crippen LogP contribution in [0, 0.1) is 0 Å². The second-order valence-electron chi connectivity index (χ2n) is 7.02. The van der Waals surface area contributed by atoms with Crippen LogP contribution in [0.2, 0.25) is 0 Å². The summed E-state index contributed by atoms with van der Waals surface area (Å²) in [5, 5.41) is 13.9. The summed E-state index contributed by atoms with van der Waals surface area (Å²) in [7, 11) is 1.59. The Kier molecular flexibility index (Phi) is 7.01. The van der Waals surface area contributed by atoms with Gasteiger partial charge >= 0.3 is 0 Å². The van der Waals surface area contributed by atoms with Crippen molar-refractivity contribution in [2.45, 2.75) is 19.2 Å². The number of halogens is 1. The van der Waals surface area contributed by atoms with Crippen molar-refractivity contribution in [1.29, 1.82) is 0 Å². The van der Waals surface area contributed by atoms with Crippen LogP contribution in [0.15, 0.2) is 57.6 Å². The van der Waals surface area contributed by atoms with Gasteiger partial charge in [0.25, 0.3) is 0 Å². The van der Waals surface area contributed by atoms with Crippen LogP contribution in [0.3, 0.4) is 0 Å². The van der Waals surface area contributed by atoms with Gasteiger partial charge in [-0.15, -0.1) is 0 Å². The van der Waals surface area contributed by atoms with E-state index >= 15 is 0 Å². The van der Waals surface area contributed by atoms with Crippen LogP contribution < -0.4 is 24.3 Å². The molecule has 0 saturated carbocycles. The molecule has 7 nitrogen and oxygen atoms in total. The number of aliphatic hydroxyl groups excluding tert-OH is 1. The molecule has 1 aliphatic heterocycles. The zero-order valence-corrected chi connectivity index (χ0v) is 18.7. The van der Waals surface area contributed by atoms with Gasteiger partial charge in [0.05, 0.1) is 24.4 Å². The summed E-state index contributed by atoms with van der Waals surface area (Å²) in [6.07, 6.45) is 0.824. The van der Waals surface area contributed by atoms with Crippen LogP contribution in [0.1, 0.15) is 23.0 Å². The van der Waals surface area contributed by atoms with Gasteiger partial charge < -0.3 is 33.8 Å². The van der Waals surface area contributed by atoms with Crippen molar-refractivity contribution in [3.05, 3.63) is 70.1 Å². The van der Waals surface area contributed by atoms with E-state index in [1.807, 2.05) is 30.3 Å². The highest BCUT2D eigenvalue weighted by atomic mass is 79.9. The second-order valence-corrected chi connectivity index (χ2v) is 7.88. The quantitative estimate of drug-likeness (QED) is 0.465. The molecular weight excluding hydrogens is 466 g/mol. The van der Waals surface area contributed by atoms with Gasteiger partial charge in [-0.25, -0.2) is 0 Å². The van der Waals surface area contributed by atoms with Crippen molar-refractivity contribution >= 4 is 15.9 Å². The lowest BCUT2D eigenvalue weighted by molar-refractivity contribution is 0.105. The summed E-state index contributed by atoms with van der Waals surface area (Å²) in [6, 6.07) is 13.0. The van der Waals surface area contributed by atoms with Crippen LogP contribution in [0.25, 0.3) is 0 Å². The van der Waals surface area contributed by atoms with Crippen molar-refractivity contribution in [2.75, 3.05) is 26.9 Å². The Morgan fingerprint density at radius 1 is 1.10 bits per heavy atom. The summed E-state index contributed by atoms with van der Waals surface area (Å²) >= 11 is 3.56. The first-order chi connectivity index (χ1) is 15.1. The van der Waals surface area contributed by atoms with Crippen molar-refractivity contribution in [2.24, 2.45) is 0 Å². The third-order valence-corrected chi connectivity index (χ3v) is 5.42. The minimum absolute atomic E-state index is 0.0602. The first-order valence-corrected chi connectivity index (χ1v) is 10.7.